The molecule has 1 N–H and O–H groups in total. The number of carbonyl (C=O) groups excluding carboxylic acids is 1. The van der Waals surface area contributed by atoms with Crippen LogP contribution in [0, 0.1) is 0 Å². The number of aromatic nitrogens is 2. The van der Waals surface area contributed by atoms with E-state index in [1.807, 2.05) is 0 Å². The summed E-state index contributed by atoms with van der Waals surface area (Å²) < 4.78 is 48.4. The molecule has 4 rings (SSSR count). The maximum atomic E-state index is 13.4. The number of amides is 1. The maximum Gasteiger partial charge on any atom is 0.417 e. The standard InChI is InChI=1S/C24H18F3N3O4/c1-29-18-12-17(28-21(31)15-10-6-7-11-16(15)24(25,26)27)20(34-14-8-4-3-5-9-14)13-19(18)30(2)23(33)22(29)32/h3-13H,1-2H3,(H,28,31). The highest BCUT2D eigenvalue weighted by molar-refractivity contribution is 6.07. The van der Waals surface area contributed by atoms with Crippen LogP contribution < -0.4 is 21.2 Å². The Labute approximate surface area is 190 Å². The molecule has 0 spiro atoms. The van der Waals surface area contributed by atoms with Crippen molar-refractivity contribution < 1.29 is 22.7 Å². The summed E-state index contributed by atoms with van der Waals surface area (Å²) in [5.41, 5.74) is -2.61. The molecule has 0 aliphatic rings. The monoisotopic (exact) mass is 469 g/mol. The average Bonchev–Trinajstić information content (AvgIpc) is 2.82. The van der Waals surface area contributed by atoms with Gasteiger partial charge in [-0.05, 0) is 30.3 Å². The Morgan fingerprint density at radius 2 is 1.41 bits per heavy atom. The van der Waals surface area contributed by atoms with Crippen molar-refractivity contribution in [3.8, 4) is 11.5 Å². The van der Waals surface area contributed by atoms with Gasteiger partial charge in [0.1, 0.15) is 5.75 Å². The fraction of sp³-hybridized carbons (Fsp3) is 0.125. The molecule has 0 radical (unpaired) electrons. The summed E-state index contributed by atoms with van der Waals surface area (Å²) in [7, 11) is 2.80. The Morgan fingerprint density at radius 3 is 2.03 bits per heavy atom. The normalized spacial score (nSPS) is 11.4. The highest BCUT2D eigenvalue weighted by atomic mass is 19.4. The molecule has 0 atom stereocenters. The number of anilines is 1. The van der Waals surface area contributed by atoms with Gasteiger partial charge in [0.05, 0.1) is 27.8 Å². The van der Waals surface area contributed by atoms with Gasteiger partial charge in [0.2, 0.25) is 0 Å². The number of aryl methyl sites for hydroxylation is 2. The first-order valence-corrected chi connectivity index (χ1v) is 10.0. The number of fused-ring (bicyclic) bond motifs is 1. The first kappa shape index (κ1) is 22.8. The van der Waals surface area contributed by atoms with E-state index in [2.05, 4.69) is 5.32 Å². The maximum absolute atomic E-state index is 13.4. The summed E-state index contributed by atoms with van der Waals surface area (Å²) >= 11 is 0. The Bertz CT molecular complexity index is 1520. The smallest absolute Gasteiger partial charge is 0.417 e. The molecule has 1 heterocycles. The topological polar surface area (TPSA) is 82.3 Å². The Hall–Kier alpha value is -4.34. The first-order chi connectivity index (χ1) is 16.1. The van der Waals surface area contributed by atoms with Crippen molar-refractivity contribution in [3.63, 3.8) is 0 Å². The van der Waals surface area contributed by atoms with E-state index in [1.165, 1.54) is 38.4 Å². The number of hydrogen-bond acceptors (Lipinski definition) is 4. The van der Waals surface area contributed by atoms with Crippen LogP contribution in [0.4, 0.5) is 18.9 Å². The predicted octanol–water partition coefficient (Wildman–Crippen LogP) is 4.30. The molecule has 34 heavy (non-hydrogen) atoms. The summed E-state index contributed by atoms with van der Waals surface area (Å²) in [6, 6.07) is 15.7. The van der Waals surface area contributed by atoms with Gasteiger partial charge in [-0.15, -0.1) is 0 Å². The van der Waals surface area contributed by atoms with Crippen molar-refractivity contribution in [3.05, 3.63) is 98.6 Å². The SMILES string of the molecule is Cn1c(=O)c(=O)n(C)c2cc(Oc3ccccc3)c(NC(=O)c3ccccc3C(F)(F)F)cc21. The van der Waals surface area contributed by atoms with Crippen LogP contribution in [0.15, 0.2) is 76.3 Å². The Morgan fingerprint density at radius 1 is 0.853 bits per heavy atom. The average molecular weight is 469 g/mol. The Kier molecular flexibility index (Phi) is 5.74. The third kappa shape index (κ3) is 4.17. The summed E-state index contributed by atoms with van der Waals surface area (Å²) in [4.78, 5) is 37.4. The minimum Gasteiger partial charge on any atom is -0.455 e. The van der Waals surface area contributed by atoms with Crippen molar-refractivity contribution in [2.45, 2.75) is 6.18 Å². The number of halogens is 3. The second-order valence-corrected chi connectivity index (χ2v) is 7.48. The van der Waals surface area contributed by atoms with Gasteiger partial charge < -0.3 is 19.2 Å². The number of benzene rings is 3. The molecule has 7 nitrogen and oxygen atoms in total. The van der Waals surface area contributed by atoms with Crippen LogP contribution in [-0.4, -0.2) is 15.0 Å². The molecule has 0 bridgehead atoms. The molecule has 0 fully saturated rings. The van der Waals surface area contributed by atoms with Crippen LogP contribution in [0.1, 0.15) is 15.9 Å². The van der Waals surface area contributed by atoms with E-state index in [9.17, 15) is 27.6 Å². The lowest BCUT2D eigenvalue weighted by atomic mass is 10.1. The summed E-state index contributed by atoms with van der Waals surface area (Å²) in [5.74, 6) is -0.548. The van der Waals surface area contributed by atoms with E-state index in [1.54, 1.807) is 30.3 Å². The molecule has 0 unspecified atom stereocenters. The lowest BCUT2D eigenvalue weighted by Gasteiger charge is -2.17. The summed E-state index contributed by atoms with van der Waals surface area (Å²) in [6.45, 7) is 0. The van der Waals surface area contributed by atoms with Gasteiger partial charge in [0, 0.05) is 20.2 Å². The molecule has 1 amide bonds. The number of hydrogen-bond donors (Lipinski definition) is 1. The fourth-order valence-electron chi connectivity index (χ4n) is 3.52. The van der Waals surface area contributed by atoms with E-state index < -0.39 is 34.3 Å². The van der Waals surface area contributed by atoms with Crippen LogP contribution in [-0.2, 0) is 20.3 Å². The first-order valence-electron chi connectivity index (χ1n) is 10.0. The van der Waals surface area contributed by atoms with E-state index >= 15 is 0 Å². The van der Waals surface area contributed by atoms with Crippen molar-refractivity contribution in [1.29, 1.82) is 0 Å². The Balaban J connectivity index is 1.89. The zero-order valence-electron chi connectivity index (χ0n) is 18.0. The molecule has 3 aromatic carbocycles. The second-order valence-electron chi connectivity index (χ2n) is 7.48. The number of para-hydroxylation sites is 1. The molecule has 0 aliphatic heterocycles. The van der Waals surface area contributed by atoms with Crippen molar-refractivity contribution in [2.75, 3.05) is 5.32 Å². The number of carbonyl (C=O) groups is 1. The lowest BCUT2D eigenvalue weighted by molar-refractivity contribution is -0.137. The van der Waals surface area contributed by atoms with Gasteiger partial charge in [-0.3, -0.25) is 14.4 Å². The molecular formula is C24H18F3N3O4. The molecule has 1 aromatic heterocycles. The predicted molar refractivity (Wildman–Crippen MR) is 120 cm³/mol. The van der Waals surface area contributed by atoms with Gasteiger partial charge in [0.25, 0.3) is 5.91 Å². The highest BCUT2D eigenvalue weighted by Crippen LogP contribution is 2.35. The molecule has 0 aliphatic carbocycles. The zero-order valence-corrected chi connectivity index (χ0v) is 18.0. The molecule has 10 heteroatoms. The van der Waals surface area contributed by atoms with Gasteiger partial charge in [0.15, 0.2) is 5.75 Å². The van der Waals surface area contributed by atoms with Crippen LogP contribution in [0.2, 0.25) is 0 Å². The quantitative estimate of drug-likeness (QED) is 0.452. The molecule has 0 saturated carbocycles. The largest absolute Gasteiger partial charge is 0.455 e. The number of nitrogens with zero attached hydrogens (tertiary/aromatic N) is 2. The van der Waals surface area contributed by atoms with Gasteiger partial charge in [-0.2, -0.15) is 13.2 Å². The highest BCUT2D eigenvalue weighted by Gasteiger charge is 2.35. The van der Waals surface area contributed by atoms with Crippen molar-refractivity contribution in [2.24, 2.45) is 14.1 Å². The van der Waals surface area contributed by atoms with E-state index in [-0.39, 0.29) is 17.0 Å². The molecular weight excluding hydrogens is 451 g/mol. The zero-order chi connectivity index (χ0) is 24.6. The van der Waals surface area contributed by atoms with Crippen LogP contribution in [0.5, 0.6) is 11.5 Å². The fourth-order valence-corrected chi connectivity index (χ4v) is 3.52. The molecule has 0 saturated heterocycles. The van der Waals surface area contributed by atoms with E-state index in [0.717, 1.165) is 21.3 Å². The van der Waals surface area contributed by atoms with Gasteiger partial charge in [-0.1, -0.05) is 30.3 Å². The minimum atomic E-state index is -4.73. The van der Waals surface area contributed by atoms with E-state index in [0.29, 0.717) is 11.3 Å². The number of nitrogens with one attached hydrogen (secondary N) is 1. The van der Waals surface area contributed by atoms with Crippen molar-refractivity contribution >= 4 is 22.6 Å². The van der Waals surface area contributed by atoms with Crippen LogP contribution >= 0.6 is 0 Å². The van der Waals surface area contributed by atoms with Gasteiger partial charge >= 0.3 is 17.3 Å². The number of alkyl halides is 3. The third-order valence-corrected chi connectivity index (χ3v) is 5.29. The summed E-state index contributed by atoms with van der Waals surface area (Å²) in [5, 5.41) is 2.47. The van der Waals surface area contributed by atoms with Gasteiger partial charge in [-0.25, -0.2) is 0 Å². The minimum absolute atomic E-state index is 0.0204. The molecule has 174 valence electrons. The third-order valence-electron chi connectivity index (χ3n) is 5.29. The summed E-state index contributed by atoms with van der Waals surface area (Å²) in [6.07, 6.45) is -4.73. The molecule has 4 aromatic rings. The number of ether oxygens (including phenoxy) is 1. The van der Waals surface area contributed by atoms with Crippen LogP contribution in [0.3, 0.4) is 0 Å². The van der Waals surface area contributed by atoms with Crippen LogP contribution in [0.25, 0.3) is 11.0 Å². The second kappa shape index (κ2) is 8.54. The number of rotatable bonds is 4. The van der Waals surface area contributed by atoms with Crippen molar-refractivity contribution in [1.82, 2.24) is 9.13 Å². The lowest BCUT2D eigenvalue weighted by Crippen LogP contribution is -2.39. The van der Waals surface area contributed by atoms with E-state index in [4.69, 9.17) is 4.74 Å².